The SMILES string of the molecule is CC(=O)N1CCN(C(=O)C2CCN(C(=O)c3ccc(F)cc3)CC2)CC1. The second-order valence-electron chi connectivity index (χ2n) is 6.90. The van der Waals surface area contributed by atoms with Crippen LogP contribution in [0.15, 0.2) is 24.3 Å². The normalized spacial score (nSPS) is 18.8. The molecule has 7 heteroatoms. The first-order valence-corrected chi connectivity index (χ1v) is 9.05. The van der Waals surface area contributed by atoms with E-state index in [4.69, 9.17) is 0 Å². The number of piperidine rings is 1. The lowest BCUT2D eigenvalue weighted by atomic mass is 9.94. The molecule has 3 amide bonds. The van der Waals surface area contributed by atoms with E-state index in [1.807, 2.05) is 4.90 Å². The molecular weight excluding hydrogens is 337 g/mol. The molecule has 6 nitrogen and oxygen atoms in total. The average Bonchev–Trinajstić information content (AvgIpc) is 2.67. The average molecular weight is 361 g/mol. The number of hydrogen-bond acceptors (Lipinski definition) is 3. The van der Waals surface area contributed by atoms with Gasteiger partial charge in [0, 0.05) is 57.7 Å². The van der Waals surface area contributed by atoms with Crippen LogP contribution in [0.5, 0.6) is 0 Å². The van der Waals surface area contributed by atoms with Crippen molar-refractivity contribution in [2.24, 2.45) is 5.92 Å². The first kappa shape index (κ1) is 18.4. The summed E-state index contributed by atoms with van der Waals surface area (Å²) in [6.45, 7) is 4.93. The summed E-state index contributed by atoms with van der Waals surface area (Å²) in [7, 11) is 0. The minimum Gasteiger partial charge on any atom is -0.339 e. The van der Waals surface area contributed by atoms with Crippen LogP contribution < -0.4 is 0 Å². The van der Waals surface area contributed by atoms with Crippen molar-refractivity contribution in [3.63, 3.8) is 0 Å². The number of likely N-dealkylation sites (tertiary alicyclic amines) is 1. The molecule has 2 saturated heterocycles. The highest BCUT2D eigenvalue weighted by atomic mass is 19.1. The fourth-order valence-corrected chi connectivity index (χ4v) is 3.60. The summed E-state index contributed by atoms with van der Waals surface area (Å²) in [5.41, 5.74) is 0.469. The van der Waals surface area contributed by atoms with Gasteiger partial charge in [0.25, 0.3) is 5.91 Å². The molecule has 2 aliphatic rings. The highest BCUT2D eigenvalue weighted by molar-refractivity contribution is 5.94. The van der Waals surface area contributed by atoms with Crippen molar-refractivity contribution in [2.45, 2.75) is 19.8 Å². The Morgan fingerprint density at radius 1 is 0.846 bits per heavy atom. The van der Waals surface area contributed by atoms with Crippen molar-refractivity contribution >= 4 is 17.7 Å². The monoisotopic (exact) mass is 361 g/mol. The predicted octanol–water partition coefficient (Wildman–Crippen LogP) is 1.37. The molecule has 0 spiro atoms. The van der Waals surface area contributed by atoms with Gasteiger partial charge in [0.05, 0.1) is 0 Å². The molecule has 0 radical (unpaired) electrons. The van der Waals surface area contributed by atoms with Gasteiger partial charge in [0.2, 0.25) is 11.8 Å². The maximum atomic E-state index is 13.0. The number of amides is 3. The van der Waals surface area contributed by atoms with Crippen LogP contribution in [0, 0.1) is 11.7 Å². The maximum absolute atomic E-state index is 13.0. The number of hydrogen-bond donors (Lipinski definition) is 0. The number of benzene rings is 1. The molecule has 0 atom stereocenters. The number of halogens is 1. The van der Waals surface area contributed by atoms with Gasteiger partial charge in [0.1, 0.15) is 5.82 Å². The van der Waals surface area contributed by atoms with Crippen LogP contribution in [0.3, 0.4) is 0 Å². The number of nitrogens with zero attached hydrogens (tertiary/aromatic N) is 3. The van der Waals surface area contributed by atoms with Gasteiger partial charge >= 0.3 is 0 Å². The summed E-state index contributed by atoms with van der Waals surface area (Å²) < 4.78 is 13.0. The Hall–Kier alpha value is -2.44. The van der Waals surface area contributed by atoms with E-state index in [-0.39, 0.29) is 29.5 Å². The maximum Gasteiger partial charge on any atom is 0.253 e. The van der Waals surface area contributed by atoms with Crippen molar-refractivity contribution in [2.75, 3.05) is 39.3 Å². The van der Waals surface area contributed by atoms with E-state index >= 15 is 0 Å². The summed E-state index contributed by atoms with van der Waals surface area (Å²) in [5, 5.41) is 0. The summed E-state index contributed by atoms with van der Waals surface area (Å²) in [6.07, 6.45) is 1.28. The number of carbonyl (C=O) groups is 3. The fourth-order valence-electron chi connectivity index (χ4n) is 3.60. The van der Waals surface area contributed by atoms with Crippen molar-refractivity contribution in [1.82, 2.24) is 14.7 Å². The van der Waals surface area contributed by atoms with Gasteiger partial charge in [-0.15, -0.1) is 0 Å². The van der Waals surface area contributed by atoms with Gasteiger partial charge in [0.15, 0.2) is 0 Å². The van der Waals surface area contributed by atoms with Crippen LogP contribution in [-0.4, -0.2) is 71.7 Å². The first-order chi connectivity index (χ1) is 12.5. The summed E-state index contributed by atoms with van der Waals surface area (Å²) >= 11 is 0. The molecule has 0 saturated carbocycles. The van der Waals surface area contributed by atoms with Gasteiger partial charge in [-0.05, 0) is 37.1 Å². The zero-order valence-electron chi connectivity index (χ0n) is 15.0. The minimum atomic E-state index is -0.365. The molecule has 0 unspecified atom stereocenters. The minimum absolute atomic E-state index is 0.0460. The van der Waals surface area contributed by atoms with E-state index in [9.17, 15) is 18.8 Å². The molecule has 3 rings (SSSR count). The van der Waals surface area contributed by atoms with Gasteiger partial charge in [-0.3, -0.25) is 14.4 Å². The largest absolute Gasteiger partial charge is 0.339 e. The van der Waals surface area contributed by atoms with E-state index < -0.39 is 0 Å². The van der Waals surface area contributed by atoms with E-state index in [2.05, 4.69) is 0 Å². The van der Waals surface area contributed by atoms with E-state index in [0.29, 0.717) is 57.7 Å². The van der Waals surface area contributed by atoms with Gasteiger partial charge in [-0.2, -0.15) is 0 Å². The Bertz CT molecular complexity index is 676. The van der Waals surface area contributed by atoms with E-state index in [1.165, 1.54) is 24.3 Å². The second kappa shape index (κ2) is 7.85. The molecule has 2 fully saturated rings. The highest BCUT2D eigenvalue weighted by Gasteiger charge is 2.32. The van der Waals surface area contributed by atoms with Gasteiger partial charge in [-0.1, -0.05) is 0 Å². The van der Waals surface area contributed by atoms with Crippen molar-refractivity contribution in [3.05, 3.63) is 35.6 Å². The Balaban J connectivity index is 1.50. The Morgan fingerprint density at radius 3 is 1.92 bits per heavy atom. The number of piperazine rings is 1. The molecule has 1 aromatic rings. The predicted molar refractivity (Wildman–Crippen MR) is 93.9 cm³/mol. The van der Waals surface area contributed by atoms with E-state index in [0.717, 1.165) is 0 Å². The Morgan fingerprint density at radius 2 is 1.38 bits per heavy atom. The fraction of sp³-hybridized carbons (Fsp3) is 0.526. The quantitative estimate of drug-likeness (QED) is 0.799. The third kappa shape index (κ3) is 4.03. The first-order valence-electron chi connectivity index (χ1n) is 9.05. The van der Waals surface area contributed by atoms with Crippen LogP contribution in [0.2, 0.25) is 0 Å². The van der Waals surface area contributed by atoms with Crippen LogP contribution in [-0.2, 0) is 9.59 Å². The molecule has 0 bridgehead atoms. The third-order valence-corrected chi connectivity index (χ3v) is 5.26. The molecule has 26 heavy (non-hydrogen) atoms. The van der Waals surface area contributed by atoms with Crippen LogP contribution in [0.4, 0.5) is 4.39 Å². The molecule has 1 aromatic carbocycles. The lowest BCUT2D eigenvalue weighted by molar-refractivity contribution is -0.142. The molecule has 0 N–H and O–H groups in total. The molecule has 0 aromatic heterocycles. The molecule has 2 heterocycles. The molecule has 2 aliphatic heterocycles. The zero-order valence-corrected chi connectivity index (χ0v) is 15.0. The van der Waals surface area contributed by atoms with Crippen LogP contribution in [0.1, 0.15) is 30.1 Å². The Labute approximate surface area is 152 Å². The van der Waals surface area contributed by atoms with Crippen molar-refractivity contribution in [3.8, 4) is 0 Å². The lowest BCUT2D eigenvalue weighted by Crippen LogP contribution is -2.52. The summed E-state index contributed by atoms with van der Waals surface area (Å²) in [5.74, 6) is -0.385. The van der Waals surface area contributed by atoms with Gasteiger partial charge in [-0.25, -0.2) is 4.39 Å². The summed E-state index contributed by atoms with van der Waals surface area (Å²) in [4.78, 5) is 41.8. The van der Waals surface area contributed by atoms with Gasteiger partial charge < -0.3 is 14.7 Å². The Kier molecular flexibility index (Phi) is 5.54. The van der Waals surface area contributed by atoms with Crippen molar-refractivity contribution in [1.29, 1.82) is 0 Å². The smallest absolute Gasteiger partial charge is 0.253 e. The van der Waals surface area contributed by atoms with Crippen LogP contribution >= 0.6 is 0 Å². The lowest BCUT2D eigenvalue weighted by Gasteiger charge is -2.38. The standard InChI is InChI=1S/C19H24FN3O3/c1-14(24)21-10-12-23(13-11-21)19(26)16-6-8-22(9-7-16)18(25)15-2-4-17(20)5-3-15/h2-5,16H,6-13H2,1H3. The molecule has 140 valence electrons. The zero-order chi connectivity index (χ0) is 18.7. The highest BCUT2D eigenvalue weighted by Crippen LogP contribution is 2.22. The topological polar surface area (TPSA) is 60.9 Å². The number of carbonyl (C=O) groups excluding carboxylic acids is 3. The van der Waals surface area contributed by atoms with Crippen LogP contribution in [0.25, 0.3) is 0 Å². The second-order valence-corrected chi connectivity index (χ2v) is 6.90. The molecular formula is C19H24FN3O3. The third-order valence-electron chi connectivity index (χ3n) is 5.26. The number of rotatable bonds is 2. The summed E-state index contributed by atoms with van der Waals surface area (Å²) in [6, 6.07) is 5.54. The van der Waals surface area contributed by atoms with E-state index in [1.54, 1.807) is 16.7 Å². The van der Waals surface area contributed by atoms with Crippen molar-refractivity contribution < 1.29 is 18.8 Å². The molecule has 0 aliphatic carbocycles.